The standard InChI is InChI=1S/C14H19N3O4/c1-2-16-13(19)11-8-21-7-6-17(11)14(20)9-4-3-5-10(15)12(9)18/h3-5,11,18H,2,6-8,15H2,1H3,(H,16,19). The van der Waals surface area contributed by atoms with Crippen molar-refractivity contribution in [3.63, 3.8) is 0 Å². The number of ether oxygens (including phenoxy) is 1. The Bertz CT molecular complexity index is 547. The van der Waals surface area contributed by atoms with Gasteiger partial charge >= 0.3 is 0 Å². The first-order chi connectivity index (χ1) is 10.1. The molecule has 1 aromatic rings. The van der Waals surface area contributed by atoms with Gasteiger partial charge in [-0.2, -0.15) is 0 Å². The Kier molecular flexibility index (Phi) is 4.64. The highest BCUT2D eigenvalue weighted by molar-refractivity contribution is 6.01. The number of benzene rings is 1. The third-order valence-corrected chi connectivity index (χ3v) is 3.34. The first-order valence-electron chi connectivity index (χ1n) is 6.80. The minimum atomic E-state index is -0.702. The maximum Gasteiger partial charge on any atom is 0.258 e. The van der Waals surface area contributed by atoms with Gasteiger partial charge in [-0.3, -0.25) is 9.59 Å². The number of phenols is 1. The zero-order valence-corrected chi connectivity index (χ0v) is 11.8. The van der Waals surface area contributed by atoms with Gasteiger partial charge in [-0.05, 0) is 19.1 Å². The molecule has 0 saturated carbocycles. The summed E-state index contributed by atoms with van der Waals surface area (Å²) >= 11 is 0. The molecule has 4 N–H and O–H groups in total. The average molecular weight is 293 g/mol. The molecule has 0 aliphatic carbocycles. The Labute approximate surface area is 122 Å². The molecule has 2 amide bonds. The first kappa shape index (κ1) is 15.1. The molecule has 1 unspecified atom stereocenters. The van der Waals surface area contributed by atoms with Crippen molar-refractivity contribution in [3.8, 4) is 5.75 Å². The van der Waals surface area contributed by atoms with Crippen LogP contribution in [0.2, 0.25) is 0 Å². The molecule has 0 radical (unpaired) electrons. The third-order valence-electron chi connectivity index (χ3n) is 3.34. The molecule has 1 heterocycles. The second-order valence-electron chi connectivity index (χ2n) is 4.73. The summed E-state index contributed by atoms with van der Waals surface area (Å²) in [4.78, 5) is 26.0. The van der Waals surface area contributed by atoms with Crippen molar-refractivity contribution in [3.05, 3.63) is 23.8 Å². The van der Waals surface area contributed by atoms with Crippen LogP contribution in [0.25, 0.3) is 0 Å². The Morgan fingerprint density at radius 3 is 3.00 bits per heavy atom. The molecule has 1 aromatic carbocycles. The molecule has 1 aliphatic heterocycles. The molecule has 7 heteroatoms. The van der Waals surface area contributed by atoms with Gasteiger partial charge in [0, 0.05) is 13.1 Å². The van der Waals surface area contributed by atoms with Gasteiger partial charge < -0.3 is 25.8 Å². The summed E-state index contributed by atoms with van der Waals surface area (Å²) in [6.45, 7) is 3.05. The number of carbonyl (C=O) groups is 2. The maximum atomic E-state index is 12.6. The van der Waals surface area contributed by atoms with Gasteiger partial charge in [-0.1, -0.05) is 6.07 Å². The van der Waals surface area contributed by atoms with Gasteiger partial charge in [0.15, 0.2) is 5.75 Å². The second kappa shape index (κ2) is 6.45. The largest absolute Gasteiger partial charge is 0.505 e. The summed E-state index contributed by atoms with van der Waals surface area (Å²) in [5.74, 6) is -0.961. The van der Waals surface area contributed by atoms with E-state index < -0.39 is 11.9 Å². The summed E-state index contributed by atoms with van der Waals surface area (Å²) in [6.07, 6.45) is 0. The smallest absolute Gasteiger partial charge is 0.258 e. The molecule has 1 atom stereocenters. The topological polar surface area (TPSA) is 105 Å². The lowest BCUT2D eigenvalue weighted by Gasteiger charge is -2.34. The minimum Gasteiger partial charge on any atom is -0.505 e. The van der Waals surface area contributed by atoms with E-state index in [9.17, 15) is 14.7 Å². The van der Waals surface area contributed by atoms with Crippen molar-refractivity contribution < 1.29 is 19.4 Å². The van der Waals surface area contributed by atoms with Gasteiger partial charge in [0.05, 0.1) is 24.5 Å². The van der Waals surface area contributed by atoms with Crippen LogP contribution < -0.4 is 11.1 Å². The van der Waals surface area contributed by atoms with Crippen molar-refractivity contribution in [2.45, 2.75) is 13.0 Å². The van der Waals surface area contributed by atoms with Crippen LogP contribution in [-0.2, 0) is 9.53 Å². The fourth-order valence-corrected chi connectivity index (χ4v) is 2.24. The van der Waals surface area contributed by atoms with E-state index in [0.717, 1.165) is 0 Å². The van der Waals surface area contributed by atoms with E-state index >= 15 is 0 Å². The highest BCUT2D eigenvalue weighted by atomic mass is 16.5. The monoisotopic (exact) mass is 293 g/mol. The first-order valence-corrected chi connectivity index (χ1v) is 6.80. The van der Waals surface area contributed by atoms with E-state index in [2.05, 4.69) is 5.32 Å². The number of hydrogen-bond acceptors (Lipinski definition) is 5. The summed E-state index contributed by atoms with van der Waals surface area (Å²) < 4.78 is 5.28. The third kappa shape index (κ3) is 3.08. The fourth-order valence-electron chi connectivity index (χ4n) is 2.24. The number of carbonyl (C=O) groups excluding carboxylic acids is 2. The van der Waals surface area contributed by atoms with E-state index in [1.165, 1.54) is 17.0 Å². The Hall–Kier alpha value is -2.28. The van der Waals surface area contributed by atoms with Crippen molar-refractivity contribution in [1.82, 2.24) is 10.2 Å². The minimum absolute atomic E-state index is 0.0891. The van der Waals surface area contributed by atoms with Gasteiger partial charge in [-0.15, -0.1) is 0 Å². The molecule has 0 aromatic heterocycles. The van der Waals surface area contributed by atoms with E-state index in [0.29, 0.717) is 13.2 Å². The number of nitrogens with two attached hydrogens (primary N) is 1. The molecular weight excluding hydrogens is 274 g/mol. The van der Waals surface area contributed by atoms with E-state index in [4.69, 9.17) is 10.5 Å². The number of morpholine rings is 1. The van der Waals surface area contributed by atoms with Crippen molar-refractivity contribution in [2.75, 3.05) is 32.0 Å². The van der Waals surface area contributed by atoms with Crippen LogP contribution in [0.3, 0.4) is 0 Å². The molecule has 0 spiro atoms. The Morgan fingerprint density at radius 2 is 2.29 bits per heavy atom. The van der Waals surface area contributed by atoms with Gasteiger partial charge in [0.25, 0.3) is 5.91 Å². The molecule has 0 bridgehead atoms. The van der Waals surface area contributed by atoms with Crippen LogP contribution in [0.15, 0.2) is 18.2 Å². The predicted octanol–water partition coefficient (Wildman–Crippen LogP) is -0.0485. The molecule has 1 aliphatic rings. The van der Waals surface area contributed by atoms with Crippen LogP contribution in [0.1, 0.15) is 17.3 Å². The number of phenolic OH excluding ortho intramolecular Hbond substituents is 1. The lowest BCUT2D eigenvalue weighted by molar-refractivity contribution is -0.130. The number of amides is 2. The summed E-state index contributed by atoms with van der Waals surface area (Å²) in [5.41, 5.74) is 5.82. The summed E-state index contributed by atoms with van der Waals surface area (Å²) in [5, 5.41) is 12.6. The Balaban J connectivity index is 2.26. The normalized spacial score (nSPS) is 18.3. The van der Waals surface area contributed by atoms with Crippen molar-refractivity contribution in [1.29, 1.82) is 0 Å². The number of nitrogens with one attached hydrogen (secondary N) is 1. The number of likely N-dealkylation sites (N-methyl/N-ethyl adjacent to an activating group) is 1. The van der Waals surface area contributed by atoms with Gasteiger partial charge in [0.2, 0.25) is 5.91 Å². The highest BCUT2D eigenvalue weighted by Crippen LogP contribution is 2.26. The zero-order valence-electron chi connectivity index (χ0n) is 11.8. The fraction of sp³-hybridized carbons (Fsp3) is 0.429. The van der Waals surface area contributed by atoms with Crippen LogP contribution in [0, 0.1) is 0 Å². The zero-order chi connectivity index (χ0) is 15.4. The molecule has 7 nitrogen and oxygen atoms in total. The molecule has 114 valence electrons. The van der Waals surface area contributed by atoms with E-state index in [1.807, 2.05) is 0 Å². The average Bonchev–Trinajstić information content (AvgIpc) is 2.49. The van der Waals surface area contributed by atoms with E-state index in [-0.39, 0.29) is 36.1 Å². The number of rotatable bonds is 3. The molecule has 1 saturated heterocycles. The van der Waals surface area contributed by atoms with E-state index in [1.54, 1.807) is 13.0 Å². The quantitative estimate of drug-likeness (QED) is 0.535. The SMILES string of the molecule is CCNC(=O)C1COCCN1C(=O)c1cccc(N)c1O. The molecule has 2 rings (SSSR count). The number of aromatic hydroxyl groups is 1. The highest BCUT2D eigenvalue weighted by Gasteiger charge is 2.34. The molecular formula is C14H19N3O4. The number of nitrogen functional groups attached to an aromatic ring is 1. The Morgan fingerprint density at radius 1 is 1.52 bits per heavy atom. The van der Waals surface area contributed by atoms with Crippen LogP contribution >= 0.6 is 0 Å². The van der Waals surface area contributed by atoms with Crippen molar-refractivity contribution >= 4 is 17.5 Å². The lowest BCUT2D eigenvalue weighted by atomic mass is 10.1. The lowest BCUT2D eigenvalue weighted by Crippen LogP contribution is -2.55. The van der Waals surface area contributed by atoms with Crippen LogP contribution in [0.4, 0.5) is 5.69 Å². The number of anilines is 1. The number of para-hydroxylation sites is 1. The second-order valence-corrected chi connectivity index (χ2v) is 4.73. The maximum absolute atomic E-state index is 12.6. The van der Waals surface area contributed by atoms with Gasteiger partial charge in [0.1, 0.15) is 6.04 Å². The molecule has 1 fully saturated rings. The number of hydrogen-bond donors (Lipinski definition) is 3. The predicted molar refractivity (Wildman–Crippen MR) is 76.8 cm³/mol. The number of nitrogens with zero attached hydrogens (tertiary/aromatic N) is 1. The van der Waals surface area contributed by atoms with Crippen LogP contribution in [0.5, 0.6) is 5.75 Å². The summed E-state index contributed by atoms with van der Waals surface area (Å²) in [6, 6.07) is 3.88. The van der Waals surface area contributed by atoms with Crippen molar-refractivity contribution in [2.24, 2.45) is 0 Å². The summed E-state index contributed by atoms with van der Waals surface area (Å²) in [7, 11) is 0. The molecule has 21 heavy (non-hydrogen) atoms. The van der Waals surface area contributed by atoms with Crippen LogP contribution in [-0.4, -0.2) is 54.2 Å². The van der Waals surface area contributed by atoms with Gasteiger partial charge in [-0.25, -0.2) is 0 Å².